The molecule has 1 aromatic carbocycles. The number of rotatable bonds is 8. The van der Waals surface area contributed by atoms with E-state index in [0.29, 0.717) is 6.04 Å². The van der Waals surface area contributed by atoms with Crippen molar-refractivity contribution in [3.63, 3.8) is 0 Å². The molecule has 7 heteroatoms. The third kappa shape index (κ3) is 5.73. The molecule has 0 bridgehead atoms. The van der Waals surface area contributed by atoms with E-state index in [1.165, 1.54) is 24.8 Å². The zero-order chi connectivity index (χ0) is 19.6. The van der Waals surface area contributed by atoms with Crippen LogP contribution in [-0.2, 0) is 6.54 Å². The Balaban J connectivity index is 1.59. The number of hydrogen-bond donors (Lipinski definition) is 2. The molecule has 1 aromatic heterocycles. The van der Waals surface area contributed by atoms with Crippen molar-refractivity contribution in [2.45, 2.75) is 31.8 Å². The fourth-order valence-corrected chi connectivity index (χ4v) is 3.65. The summed E-state index contributed by atoms with van der Waals surface area (Å²) in [5.41, 5.74) is 1.31. The molecule has 0 aliphatic carbocycles. The van der Waals surface area contributed by atoms with Gasteiger partial charge in [-0.2, -0.15) is 5.10 Å². The van der Waals surface area contributed by atoms with E-state index in [9.17, 15) is 0 Å². The quantitative estimate of drug-likeness (QED) is 0.540. The van der Waals surface area contributed by atoms with Gasteiger partial charge in [-0.15, -0.1) is 0 Å². The molecule has 7 nitrogen and oxygen atoms in total. The molecule has 2 heterocycles. The Bertz CT molecular complexity index is 707. The predicted octanol–water partition coefficient (Wildman–Crippen LogP) is 2.28. The number of aliphatic imine (C=N–C) groups is 1. The van der Waals surface area contributed by atoms with Gasteiger partial charge in [0.05, 0.1) is 19.7 Å². The van der Waals surface area contributed by atoms with Crippen LogP contribution in [0.15, 0.2) is 47.7 Å². The Hall–Kier alpha value is -2.54. The van der Waals surface area contributed by atoms with Gasteiger partial charge in [-0.1, -0.05) is 18.6 Å². The Labute approximate surface area is 167 Å². The number of nitrogens with one attached hydrogen (secondary N) is 2. The van der Waals surface area contributed by atoms with Crippen molar-refractivity contribution in [1.82, 2.24) is 25.3 Å². The van der Waals surface area contributed by atoms with Gasteiger partial charge in [-0.05, 0) is 49.7 Å². The van der Waals surface area contributed by atoms with E-state index in [0.717, 1.165) is 44.4 Å². The monoisotopic (exact) mass is 384 g/mol. The lowest BCUT2D eigenvalue weighted by Gasteiger charge is -2.35. The fraction of sp³-hybridized carbons (Fsp3) is 0.524. The first-order chi connectivity index (χ1) is 13.8. The number of benzene rings is 1. The third-order valence-electron chi connectivity index (χ3n) is 5.21. The van der Waals surface area contributed by atoms with E-state index >= 15 is 0 Å². The number of guanidine groups is 1. The van der Waals surface area contributed by atoms with E-state index in [1.54, 1.807) is 13.3 Å². The van der Waals surface area contributed by atoms with Gasteiger partial charge in [0.2, 0.25) is 0 Å². The number of likely N-dealkylation sites (tertiary alicyclic amines) is 1. The first kappa shape index (κ1) is 20.2. The first-order valence-electron chi connectivity index (χ1n) is 10.1. The predicted molar refractivity (Wildman–Crippen MR) is 113 cm³/mol. The van der Waals surface area contributed by atoms with Crippen molar-refractivity contribution in [2.75, 3.05) is 40.3 Å². The Morgan fingerprint density at radius 3 is 2.61 bits per heavy atom. The maximum atomic E-state index is 5.32. The number of aromatic nitrogens is 2. The molecule has 1 fully saturated rings. The van der Waals surface area contributed by atoms with Crippen LogP contribution in [0, 0.1) is 0 Å². The third-order valence-corrected chi connectivity index (χ3v) is 5.21. The van der Waals surface area contributed by atoms with Crippen molar-refractivity contribution >= 4 is 5.96 Å². The standard InChI is InChI=1S/C21H32N6O/c1-22-21(23-12-16-27-15-6-11-25-27)24-17-20(26-13-4-3-5-14-26)18-7-9-19(28-2)10-8-18/h6-11,15,20H,3-5,12-14,16-17H2,1-2H3,(H2,22,23,24). The molecular formula is C21H32N6O. The zero-order valence-electron chi connectivity index (χ0n) is 17.0. The number of piperidine rings is 1. The molecule has 0 amide bonds. The summed E-state index contributed by atoms with van der Waals surface area (Å²) in [6.07, 6.45) is 7.63. The summed E-state index contributed by atoms with van der Waals surface area (Å²) in [6.45, 7) is 4.68. The largest absolute Gasteiger partial charge is 0.497 e. The number of methoxy groups -OCH3 is 1. The van der Waals surface area contributed by atoms with E-state index in [4.69, 9.17) is 4.74 Å². The summed E-state index contributed by atoms with van der Waals surface area (Å²) in [4.78, 5) is 6.95. The molecule has 28 heavy (non-hydrogen) atoms. The highest BCUT2D eigenvalue weighted by Crippen LogP contribution is 2.25. The minimum atomic E-state index is 0.316. The van der Waals surface area contributed by atoms with Gasteiger partial charge in [0.25, 0.3) is 0 Å². The molecule has 2 aromatic rings. The van der Waals surface area contributed by atoms with Gasteiger partial charge in [0.15, 0.2) is 5.96 Å². The maximum absolute atomic E-state index is 5.32. The molecule has 152 valence electrons. The molecule has 1 atom stereocenters. The molecule has 0 saturated carbocycles. The van der Waals surface area contributed by atoms with Gasteiger partial charge < -0.3 is 15.4 Å². The van der Waals surface area contributed by atoms with Crippen molar-refractivity contribution < 1.29 is 4.74 Å². The Morgan fingerprint density at radius 2 is 1.96 bits per heavy atom. The van der Waals surface area contributed by atoms with Crippen LogP contribution in [0.3, 0.4) is 0 Å². The molecule has 1 unspecified atom stereocenters. The second-order valence-corrected chi connectivity index (χ2v) is 7.03. The van der Waals surface area contributed by atoms with Crippen LogP contribution in [0.1, 0.15) is 30.9 Å². The molecule has 1 aliphatic rings. The van der Waals surface area contributed by atoms with Gasteiger partial charge in [-0.3, -0.25) is 14.6 Å². The molecule has 0 radical (unpaired) electrons. The topological polar surface area (TPSA) is 66.7 Å². The van der Waals surface area contributed by atoms with E-state index in [-0.39, 0.29) is 0 Å². The average Bonchev–Trinajstić information content (AvgIpc) is 3.27. The fourth-order valence-electron chi connectivity index (χ4n) is 3.65. The molecule has 3 rings (SSSR count). The van der Waals surface area contributed by atoms with Crippen LogP contribution >= 0.6 is 0 Å². The van der Waals surface area contributed by atoms with Crippen LogP contribution in [0.2, 0.25) is 0 Å². The lowest BCUT2D eigenvalue weighted by atomic mass is 10.0. The Morgan fingerprint density at radius 1 is 1.18 bits per heavy atom. The Kier molecular flexibility index (Phi) is 7.72. The van der Waals surface area contributed by atoms with Crippen molar-refractivity contribution in [3.05, 3.63) is 48.3 Å². The molecule has 1 aliphatic heterocycles. The maximum Gasteiger partial charge on any atom is 0.191 e. The summed E-state index contributed by atoms with van der Waals surface area (Å²) >= 11 is 0. The lowest BCUT2D eigenvalue weighted by molar-refractivity contribution is 0.164. The van der Waals surface area contributed by atoms with Crippen LogP contribution in [0.4, 0.5) is 0 Å². The van der Waals surface area contributed by atoms with Crippen LogP contribution in [0.5, 0.6) is 5.75 Å². The summed E-state index contributed by atoms with van der Waals surface area (Å²) in [7, 11) is 3.52. The van der Waals surface area contributed by atoms with E-state index in [2.05, 4.69) is 37.8 Å². The molecule has 0 spiro atoms. The van der Waals surface area contributed by atoms with Gasteiger partial charge in [-0.25, -0.2) is 0 Å². The highest BCUT2D eigenvalue weighted by atomic mass is 16.5. The highest BCUT2D eigenvalue weighted by Gasteiger charge is 2.22. The molecule has 1 saturated heterocycles. The summed E-state index contributed by atoms with van der Waals surface area (Å²) in [5.74, 6) is 1.72. The van der Waals surface area contributed by atoms with Gasteiger partial charge in [0.1, 0.15) is 5.75 Å². The molecule has 2 N–H and O–H groups in total. The second kappa shape index (κ2) is 10.7. The van der Waals surface area contributed by atoms with Crippen LogP contribution in [0.25, 0.3) is 0 Å². The van der Waals surface area contributed by atoms with Gasteiger partial charge in [0, 0.05) is 32.5 Å². The molecular weight excluding hydrogens is 352 g/mol. The van der Waals surface area contributed by atoms with Crippen molar-refractivity contribution in [3.8, 4) is 5.75 Å². The summed E-state index contributed by atoms with van der Waals surface area (Å²) in [5, 5.41) is 11.1. The number of hydrogen-bond acceptors (Lipinski definition) is 4. The minimum absolute atomic E-state index is 0.316. The van der Waals surface area contributed by atoms with Crippen LogP contribution < -0.4 is 15.4 Å². The number of ether oxygens (including phenoxy) is 1. The zero-order valence-corrected chi connectivity index (χ0v) is 17.0. The van der Waals surface area contributed by atoms with Gasteiger partial charge >= 0.3 is 0 Å². The second-order valence-electron chi connectivity index (χ2n) is 7.03. The summed E-state index contributed by atoms with van der Waals surface area (Å²) in [6, 6.07) is 10.7. The normalized spacial score (nSPS) is 16.6. The average molecular weight is 385 g/mol. The van der Waals surface area contributed by atoms with E-state index < -0.39 is 0 Å². The minimum Gasteiger partial charge on any atom is -0.497 e. The van der Waals surface area contributed by atoms with E-state index in [1.807, 2.05) is 36.1 Å². The lowest BCUT2D eigenvalue weighted by Crippen LogP contribution is -2.45. The smallest absolute Gasteiger partial charge is 0.191 e. The highest BCUT2D eigenvalue weighted by molar-refractivity contribution is 5.79. The SMILES string of the molecule is CN=C(NCCn1cccn1)NCC(c1ccc(OC)cc1)N1CCCCC1. The summed E-state index contributed by atoms with van der Waals surface area (Å²) < 4.78 is 7.23. The first-order valence-corrected chi connectivity index (χ1v) is 10.1. The number of nitrogens with zero attached hydrogens (tertiary/aromatic N) is 4. The van der Waals surface area contributed by atoms with Crippen molar-refractivity contribution in [1.29, 1.82) is 0 Å². The van der Waals surface area contributed by atoms with Crippen molar-refractivity contribution in [2.24, 2.45) is 4.99 Å². The van der Waals surface area contributed by atoms with Crippen LogP contribution in [-0.4, -0.2) is 61.0 Å².